The molecule has 7 heteroatoms. The molecule has 0 aromatic heterocycles. The Morgan fingerprint density at radius 3 is 2.25 bits per heavy atom. The summed E-state index contributed by atoms with van der Waals surface area (Å²) >= 11 is 0. The van der Waals surface area contributed by atoms with Crippen molar-refractivity contribution in [1.29, 1.82) is 5.26 Å². The highest BCUT2D eigenvalue weighted by molar-refractivity contribution is 6.36. The summed E-state index contributed by atoms with van der Waals surface area (Å²) in [6, 6.07) is 24.9. The minimum Gasteiger partial charge on any atom is -0.456 e. The zero-order chi connectivity index (χ0) is 22.7. The number of nitrogens with two attached hydrogens (primary N) is 1. The van der Waals surface area contributed by atoms with Crippen molar-refractivity contribution in [3.8, 4) is 17.6 Å². The Balaban J connectivity index is 1.63. The maximum Gasteiger partial charge on any atom is 0.279 e. The zero-order valence-electron chi connectivity index (χ0n) is 17.3. The summed E-state index contributed by atoms with van der Waals surface area (Å²) in [5.74, 6) is 0.0642. The van der Waals surface area contributed by atoms with E-state index in [4.69, 9.17) is 10.5 Å². The lowest BCUT2D eigenvalue weighted by molar-refractivity contribution is -0.138. The molecule has 0 aliphatic carbocycles. The van der Waals surface area contributed by atoms with E-state index in [1.54, 1.807) is 79.7 Å². The van der Waals surface area contributed by atoms with Crippen molar-refractivity contribution in [3.63, 3.8) is 0 Å². The molecule has 1 unspecified atom stereocenters. The number of carbonyl (C=O) groups excluding carboxylic acids is 2. The molecule has 3 aromatic carbocycles. The Bertz CT molecular complexity index is 1240. The second-order valence-electron chi connectivity index (χ2n) is 7.20. The highest BCUT2D eigenvalue weighted by Gasteiger charge is 2.40. The molecule has 1 atom stereocenters. The van der Waals surface area contributed by atoms with Gasteiger partial charge in [-0.25, -0.2) is 0 Å². The molecule has 0 spiro atoms. The van der Waals surface area contributed by atoms with Gasteiger partial charge in [-0.2, -0.15) is 5.26 Å². The summed E-state index contributed by atoms with van der Waals surface area (Å²) < 4.78 is 5.79. The zero-order valence-corrected chi connectivity index (χ0v) is 17.3. The van der Waals surface area contributed by atoms with Crippen LogP contribution in [0.1, 0.15) is 18.1 Å². The van der Waals surface area contributed by atoms with Crippen LogP contribution in [0.2, 0.25) is 0 Å². The number of imide groups is 1. The molecule has 0 saturated carbocycles. The Labute approximate surface area is 185 Å². The molecule has 32 heavy (non-hydrogen) atoms. The average molecular weight is 424 g/mol. The Morgan fingerprint density at radius 2 is 1.59 bits per heavy atom. The SMILES string of the molecule is CC(N)N1C(=O)C(Nc2ccc(Oc3ccccc3C#N)cc2)=C(c2ccccc2)C1=O. The monoisotopic (exact) mass is 424 g/mol. The average Bonchev–Trinajstić information content (AvgIpc) is 3.05. The van der Waals surface area contributed by atoms with Gasteiger partial charge in [0, 0.05) is 5.69 Å². The maximum absolute atomic E-state index is 13.0. The first-order valence-corrected chi connectivity index (χ1v) is 9.97. The number of hydrogen-bond acceptors (Lipinski definition) is 6. The number of ether oxygens (including phenoxy) is 1. The number of para-hydroxylation sites is 1. The van der Waals surface area contributed by atoms with Crippen molar-refractivity contribution < 1.29 is 14.3 Å². The molecule has 0 fully saturated rings. The molecular formula is C25H20N4O3. The van der Waals surface area contributed by atoms with Crippen molar-refractivity contribution in [2.24, 2.45) is 5.73 Å². The van der Waals surface area contributed by atoms with Crippen LogP contribution in [0.25, 0.3) is 5.57 Å². The van der Waals surface area contributed by atoms with Gasteiger partial charge in [-0.1, -0.05) is 42.5 Å². The molecule has 2 amide bonds. The molecule has 0 saturated heterocycles. The summed E-state index contributed by atoms with van der Waals surface area (Å²) in [4.78, 5) is 27.0. The highest BCUT2D eigenvalue weighted by atomic mass is 16.5. The van der Waals surface area contributed by atoms with Crippen LogP contribution >= 0.6 is 0 Å². The number of benzene rings is 3. The normalized spacial score (nSPS) is 14.3. The fourth-order valence-corrected chi connectivity index (χ4v) is 3.43. The molecule has 7 nitrogen and oxygen atoms in total. The summed E-state index contributed by atoms with van der Waals surface area (Å²) in [5, 5.41) is 12.3. The third-order valence-corrected chi connectivity index (χ3v) is 4.94. The predicted octanol–water partition coefficient (Wildman–Crippen LogP) is 3.85. The third kappa shape index (κ3) is 3.95. The Kier molecular flexibility index (Phi) is 5.71. The van der Waals surface area contributed by atoms with Crippen molar-refractivity contribution in [1.82, 2.24) is 4.90 Å². The first kappa shape index (κ1) is 20.8. The number of nitrogens with zero attached hydrogens (tertiary/aromatic N) is 2. The molecule has 1 aliphatic rings. The van der Waals surface area contributed by atoms with Crippen LogP contribution < -0.4 is 15.8 Å². The van der Waals surface area contributed by atoms with Gasteiger partial charge in [-0.05, 0) is 48.9 Å². The van der Waals surface area contributed by atoms with Gasteiger partial charge in [-0.3, -0.25) is 14.5 Å². The quantitative estimate of drug-likeness (QED) is 0.582. The topological polar surface area (TPSA) is 108 Å². The van der Waals surface area contributed by atoms with E-state index in [1.807, 2.05) is 6.07 Å². The van der Waals surface area contributed by atoms with E-state index < -0.39 is 18.0 Å². The van der Waals surface area contributed by atoms with Gasteiger partial charge in [0.15, 0.2) is 0 Å². The van der Waals surface area contributed by atoms with Crippen LogP contribution in [0.3, 0.4) is 0 Å². The number of hydrogen-bond donors (Lipinski definition) is 2. The maximum atomic E-state index is 13.0. The van der Waals surface area contributed by atoms with Gasteiger partial charge in [0.05, 0.1) is 17.3 Å². The van der Waals surface area contributed by atoms with E-state index in [9.17, 15) is 14.9 Å². The van der Waals surface area contributed by atoms with Crippen molar-refractivity contribution in [3.05, 3.63) is 95.7 Å². The van der Waals surface area contributed by atoms with E-state index in [1.165, 1.54) is 0 Å². The van der Waals surface area contributed by atoms with Crippen LogP contribution in [-0.2, 0) is 9.59 Å². The minimum atomic E-state index is -0.760. The van der Waals surface area contributed by atoms with Crippen LogP contribution in [-0.4, -0.2) is 22.9 Å². The largest absolute Gasteiger partial charge is 0.456 e. The minimum absolute atomic E-state index is 0.169. The number of carbonyl (C=O) groups is 2. The standard InChI is InChI=1S/C25H20N4O3/c1-16(27)29-24(30)22(17-7-3-2-4-8-17)23(25(29)31)28-19-11-13-20(14-12-19)32-21-10-6-5-9-18(21)15-26/h2-14,16,28H,27H2,1H3. The highest BCUT2D eigenvalue weighted by Crippen LogP contribution is 2.32. The Morgan fingerprint density at radius 1 is 0.938 bits per heavy atom. The number of nitriles is 1. The summed E-state index contributed by atoms with van der Waals surface area (Å²) in [6.45, 7) is 1.59. The molecule has 3 aromatic rings. The molecule has 158 valence electrons. The smallest absolute Gasteiger partial charge is 0.279 e. The summed E-state index contributed by atoms with van der Waals surface area (Å²) in [5.41, 5.74) is 7.98. The molecule has 0 bridgehead atoms. The van der Waals surface area contributed by atoms with Gasteiger partial charge >= 0.3 is 0 Å². The van der Waals surface area contributed by atoms with Crippen LogP contribution in [0, 0.1) is 11.3 Å². The molecule has 1 heterocycles. The number of nitrogens with one attached hydrogen (secondary N) is 1. The summed E-state index contributed by atoms with van der Waals surface area (Å²) in [6.07, 6.45) is -0.760. The van der Waals surface area contributed by atoms with Gasteiger partial charge in [0.2, 0.25) is 0 Å². The fourth-order valence-electron chi connectivity index (χ4n) is 3.43. The second kappa shape index (κ2) is 8.76. The van der Waals surface area contributed by atoms with Crippen LogP contribution in [0.5, 0.6) is 11.5 Å². The van der Waals surface area contributed by atoms with Gasteiger partial charge < -0.3 is 15.8 Å². The van der Waals surface area contributed by atoms with E-state index in [-0.39, 0.29) is 11.3 Å². The van der Waals surface area contributed by atoms with E-state index in [0.29, 0.717) is 28.3 Å². The number of amides is 2. The van der Waals surface area contributed by atoms with Crippen LogP contribution in [0.15, 0.2) is 84.6 Å². The number of anilines is 1. The lowest BCUT2D eigenvalue weighted by Gasteiger charge is -2.19. The summed E-state index contributed by atoms with van der Waals surface area (Å²) in [7, 11) is 0. The van der Waals surface area contributed by atoms with Crippen molar-refractivity contribution >= 4 is 23.1 Å². The second-order valence-corrected chi connectivity index (χ2v) is 7.20. The fraction of sp³-hybridized carbons (Fsp3) is 0.0800. The Hall–Kier alpha value is -4.41. The van der Waals surface area contributed by atoms with E-state index in [2.05, 4.69) is 11.4 Å². The molecule has 4 rings (SSSR count). The van der Waals surface area contributed by atoms with E-state index in [0.717, 1.165) is 4.90 Å². The van der Waals surface area contributed by atoms with Crippen molar-refractivity contribution in [2.45, 2.75) is 13.1 Å². The predicted molar refractivity (Wildman–Crippen MR) is 120 cm³/mol. The first-order chi connectivity index (χ1) is 15.5. The first-order valence-electron chi connectivity index (χ1n) is 9.97. The van der Waals surface area contributed by atoms with Gasteiger partial charge in [-0.15, -0.1) is 0 Å². The van der Waals surface area contributed by atoms with Gasteiger partial charge in [0.25, 0.3) is 11.8 Å². The molecular weight excluding hydrogens is 404 g/mol. The van der Waals surface area contributed by atoms with Gasteiger partial charge in [0.1, 0.15) is 23.3 Å². The lowest BCUT2D eigenvalue weighted by atomic mass is 10.0. The van der Waals surface area contributed by atoms with E-state index >= 15 is 0 Å². The van der Waals surface area contributed by atoms with Crippen molar-refractivity contribution in [2.75, 3.05) is 5.32 Å². The lowest BCUT2D eigenvalue weighted by Crippen LogP contribution is -2.44. The molecule has 1 aliphatic heterocycles. The molecule has 3 N–H and O–H groups in total. The third-order valence-electron chi connectivity index (χ3n) is 4.94. The molecule has 0 radical (unpaired) electrons. The number of rotatable bonds is 6. The van der Waals surface area contributed by atoms with Crippen LogP contribution in [0.4, 0.5) is 5.69 Å².